The summed E-state index contributed by atoms with van der Waals surface area (Å²) in [5.41, 5.74) is 5.77. The van der Waals surface area contributed by atoms with Crippen LogP contribution in [0.2, 0.25) is 0 Å². The van der Waals surface area contributed by atoms with Crippen molar-refractivity contribution < 1.29 is 14.6 Å². The van der Waals surface area contributed by atoms with Crippen molar-refractivity contribution in [3.8, 4) is 0 Å². The Bertz CT molecular complexity index is 488. The fourth-order valence-corrected chi connectivity index (χ4v) is 3.22. The second-order valence-electron chi connectivity index (χ2n) is 5.19. The topological polar surface area (TPSA) is 103 Å². The molecule has 2 atom stereocenters. The lowest BCUT2D eigenvalue weighted by molar-refractivity contribution is -0.133. The van der Waals surface area contributed by atoms with Gasteiger partial charge >= 0.3 is 5.97 Å². The average Bonchev–Trinajstić information content (AvgIpc) is 2.68. The molecule has 2 rings (SSSR count). The first-order valence-corrected chi connectivity index (χ1v) is 6.94. The van der Waals surface area contributed by atoms with E-state index in [0.717, 1.165) is 18.2 Å². The van der Waals surface area contributed by atoms with Gasteiger partial charge in [-0.3, -0.25) is 9.36 Å². The number of hydrogen-bond donors (Lipinski definition) is 2. The highest BCUT2D eigenvalue weighted by molar-refractivity contribution is 7.99. The normalized spacial score (nSPS) is 25.0. The number of aliphatic carboxylic acids is 1. The van der Waals surface area contributed by atoms with Crippen molar-refractivity contribution in [1.29, 1.82) is 0 Å². The summed E-state index contributed by atoms with van der Waals surface area (Å²) in [7, 11) is 1.69. The predicted molar refractivity (Wildman–Crippen MR) is 71.0 cm³/mol. The van der Waals surface area contributed by atoms with Gasteiger partial charge in [0.05, 0.1) is 11.9 Å². The highest BCUT2D eigenvalue weighted by Gasteiger charge is 2.51. The first-order valence-electron chi connectivity index (χ1n) is 5.95. The number of thioether (sulfide) groups is 1. The van der Waals surface area contributed by atoms with E-state index in [1.807, 2.05) is 4.57 Å². The molecule has 7 nitrogen and oxygen atoms in total. The maximum absolute atomic E-state index is 10.6. The molecule has 0 aromatic carbocycles. The molecule has 1 heterocycles. The molecule has 3 N–H and O–H groups in total. The second kappa shape index (κ2) is 5.01. The van der Waals surface area contributed by atoms with Crippen LogP contribution in [0, 0.1) is 5.41 Å². The Morgan fingerprint density at radius 2 is 2.32 bits per heavy atom. The first kappa shape index (κ1) is 14.1. The van der Waals surface area contributed by atoms with E-state index in [1.54, 1.807) is 7.11 Å². The Balaban J connectivity index is 2.21. The minimum atomic E-state index is -0.888. The fraction of sp³-hybridized carbons (Fsp3) is 0.727. The van der Waals surface area contributed by atoms with E-state index in [1.165, 1.54) is 0 Å². The largest absolute Gasteiger partial charge is 0.481 e. The quantitative estimate of drug-likeness (QED) is 0.779. The molecule has 106 valence electrons. The van der Waals surface area contributed by atoms with Crippen molar-refractivity contribution in [2.45, 2.75) is 37.6 Å². The van der Waals surface area contributed by atoms with Gasteiger partial charge in [-0.2, -0.15) is 0 Å². The molecule has 1 aromatic rings. The lowest BCUT2D eigenvalue weighted by Crippen LogP contribution is -2.51. The number of rotatable bonds is 5. The highest BCUT2D eigenvalue weighted by atomic mass is 32.2. The maximum atomic E-state index is 10.6. The highest BCUT2D eigenvalue weighted by Crippen LogP contribution is 2.52. The van der Waals surface area contributed by atoms with E-state index in [-0.39, 0.29) is 23.3 Å². The van der Waals surface area contributed by atoms with Crippen molar-refractivity contribution in [3.05, 3.63) is 0 Å². The van der Waals surface area contributed by atoms with Crippen LogP contribution < -0.4 is 5.73 Å². The fourth-order valence-electron chi connectivity index (χ4n) is 2.51. The third-order valence-electron chi connectivity index (χ3n) is 3.74. The Morgan fingerprint density at radius 1 is 1.63 bits per heavy atom. The van der Waals surface area contributed by atoms with E-state index in [4.69, 9.17) is 15.6 Å². The van der Waals surface area contributed by atoms with Gasteiger partial charge in [0.1, 0.15) is 0 Å². The molecule has 0 radical (unpaired) electrons. The summed E-state index contributed by atoms with van der Waals surface area (Å²) in [6.45, 7) is 4.20. The van der Waals surface area contributed by atoms with E-state index < -0.39 is 5.97 Å². The number of aromatic nitrogens is 3. The average molecular weight is 286 g/mol. The third kappa shape index (κ3) is 2.42. The third-order valence-corrected chi connectivity index (χ3v) is 4.67. The van der Waals surface area contributed by atoms with Crippen LogP contribution in [-0.2, 0) is 9.53 Å². The number of nitrogen functional groups attached to an aromatic ring is 1. The van der Waals surface area contributed by atoms with E-state index in [9.17, 15) is 4.79 Å². The molecule has 1 aliphatic carbocycles. The summed E-state index contributed by atoms with van der Waals surface area (Å²) in [5.74, 6) is -0.625. The number of carboxylic acids is 1. The SMILES string of the molecule is COC1CC(n2c(N)nnc2SCC(=O)O)C1(C)C. The standard InChI is InChI=1S/C11H18N4O3S/c1-11(2)6(4-7(11)18-3)15-9(12)13-14-10(15)19-5-8(16)17/h6-7H,4-5H2,1-3H3,(H2,12,13)(H,16,17). The summed E-state index contributed by atoms with van der Waals surface area (Å²) >= 11 is 1.13. The minimum Gasteiger partial charge on any atom is -0.481 e. The molecule has 19 heavy (non-hydrogen) atoms. The lowest BCUT2D eigenvalue weighted by Gasteiger charge is -2.51. The van der Waals surface area contributed by atoms with Crippen LogP contribution in [0.3, 0.4) is 0 Å². The molecule has 0 bridgehead atoms. The number of nitrogens with zero attached hydrogens (tertiary/aromatic N) is 3. The van der Waals surface area contributed by atoms with Crippen LogP contribution >= 0.6 is 11.8 Å². The van der Waals surface area contributed by atoms with Gasteiger partial charge in [-0.1, -0.05) is 25.6 Å². The van der Waals surface area contributed by atoms with Crippen molar-refractivity contribution in [3.63, 3.8) is 0 Å². The van der Waals surface area contributed by atoms with E-state index in [0.29, 0.717) is 11.1 Å². The van der Waals surface area contributed by atoms with E-state index >= 15 is 0 Å². The van der Waals surface area contributed by atoms with Crippen molar-refractivity contribution in [2.24, 2.45) is 5.41 Å². The molecular formula is C11H18N4O3S. The van der Waals surface area contributed by atoms with Crippen molar-refractivity contribution in [1.82, 2.24) is 14.8 Å². The first-order chi connectivity index (χ1) is 8.87. The number of carboxylic acid groups (broad SMARTS) is 1. The molecular weight excluding hydrogens is 268 g/mol. The number of ether oxygens (including phenoxy) is 1. The molecule has 0 saturated heterocycles. The second-order valence-corrected chi connectivity index (χ2v) is 6.13. The van der Waals surface area contributed by atoms with Gasteiger partial charge in [-0.05, 0) is 6.42 Å². The van der Waals surface area contributed by atoms with Crippen molar-refractivity contribution in [2.75, 3.05) is 18.6 Å². The monoisotopic (exact) mass is 286 g/mol. The van der Waals surface area contributed by atoms with Gasteiger partial charge in [-0.25, -0.2) is 0 Å². The van der Waals surface area contributed by atoms with Crippen molar-refractivity contribution >= 4 is 23.7 Å². The number of anilines is 1. The van der Waals surface area contributed by atoms with Crippen LogP contribution in [0.15, 0.2) is 5.16 Å². The number of hydrogen-bond acceptors (Lipinski definition) is 6. The molecule has 0 aliphatic heterocycles. The molecule has 2 unspecified atom stereocenters. The maximum Gasteiger partial charge on any atom is 0.313 e. The Morgan fingerprint density at radius 3 is 2.84 bits per heavy atom. The summed E-state index contributed by atoms with van der Waals surface area (Å²) in [6, 6.07) is 0.128. The molecule has 1 saturated carbocycles. The molecule has 8 heteroatoms. The predicted octanol–water partition coefficient (Wildman–Crippen LogP) is 1.02. The van der Waals surface area contributed by atoms with Gasteiger partial charge in [0.2, 0.25) is 5.95 Å². The molecule has 1 aromatic heterocycles. The number of nitrogens with two attached hydrogens (primary N) is 1. The number of carbonyl (C=O) groups is 1. The smallest absolute Gasteiger partial charge is 0.313 e. The van der Waals surface area contributed by atoms with Gasteiger partial charge in [-0.15, -0.1) is 10.2 Å². The Kier molecular flexibility index (Phi) is 3.73. The molecule has 0 amide bonds. The zero-order valence-electron chi connectivity index (χ0n) is 11.2. The minimum absolute atomic E-state index is 0.0566. The molecule has 1 fully saturated rings. The van der Waals surface area contributed by atoms with Crippen LogP contribution in [-0.4, -0.2) is 44.8 Å². The van der Waals surface area contributed by atoms with Crippen LogP contribution in [0.4, 0.5) is 5.95 Å². The summed E-state index contributed by atoms with van der Waals surface area (Å²) in [4.78, 5) is 10.6. The Labute approximate surface area is 115 Å². The van der Waals surface area contributed by atoms with Crippen LogP contribution in [0.25, 0.3) is 0 Å². The van der Waals surface area contributed by atoms with Gasteiger partial charge in [0, 0.05) is 18.6 Å². The van der Waals surface area contributed by atoms with Crippen LogP contribution in [0.5, 0.6) is 0 Å². The van der Waals surface area contributed by atoms with E-state index in [2.05, 4.69) is 24.0 Å². The summed E-state index contributed by atoms with van der Waals surface area (Å²) < 4.78 is 7.23. The molecule has 0 spiro atoms. The zero-order valence-corrected chi connectivity index (χ0v) is 12.0. The van der Waals surface area contributed by atoms with Gasteiger partial charge in [0.25, 0.3) is 0 Å². The van der Waals surface area contributed by atoms with Crippen LogP contribution in [0.1, 0.15) is 26.3 Å². The van der Waals surface area contributed by atoms with Gasteiger partial charge in [0.15, 0.2) is 5.16 Å². The summed E-state index contributed by atoms with van der Waals surface area (Å²) in [6.07, 6.45) is 0.989. The number of methoxy groups -OCH3 is 1. The zero-order chi connectivity index (χ0) is 14.2. The van der Waals surface area contributed by atoms with Gasteiger partial charge < -0.3 is 15.6 Å². The summed E-state index contributed by atoms with van der Waals surface area (Å²) in [5, 5.41) is 17.1. The molecule has 1 aliphatic rings. The lowest BCUT2D eigenvalue weighted by atomic mass is 9.64. The Hall–Kier alpha value is -1.28.